The minimum atomic E-state index is -1.20. The fraction of sp³-hybridized carbons (Fsp3) is 0.182. The number of rotatable bonds is 5. The van der Waals surface area contributed by atoms with Crippen molar-refractivity contribution in [2.45, 2.75) is 0 Å². The summed E-state index contributed by atoms with van der Waals surface area (Å²) in [5.74, 6) is -2.49. The van der Waals surface area contributed by atoms with Crippen molar-refractivity contribution in [3.8, 4) is 0 Å². The number of carbonyl (C=O) groups excluding carboxylic acids is 2. The molecular weight excluding hydrogens is 224 g/mol. The van der Waals surface area contributed by atoms with Crippen molar-refractivity contribution < 1.29 is 19.5 Å². The zero-order valence-electron chi connectivity index (χ0n) is 9.00. The van der Waals surface area contributed by atoms with Crippen molar-refractivity contribution in [2.75, 3.05) is 13.1 Å². The van der Waals surface area contributed by atoms with Crippen LogP contribution in [0.5, 0.6) is 0 Å². The molecule has 6 heteroatoms. The van der Waals surface area contributed by atoms with Gasteiger partial charge in [0, 0.05) is 5.56 Å². The van der Waals surface area contributed by atoms with Gasteiger partial charge < -0.3 is 15.7 Å². The molecule has 0 heterocycles. The summed E-state index contributed by atoms with van der Waals surface area (Å²) in [6.45, 7) is -0.976. The number of nitrogens with zero attached hydrogens (tertiary/aromatic N) is 1. The highest BCUT2D eigenvalue weighted by Crippen LogP contribution is 2.04. The molecule has 3 N–H and O–H groups in total. The van der Waals surface area contributed by atoms with E-state index in [2.05, 4.69) is 0 Å². The maximum absolute atomic E-state index is 11.9. The molecule has 1 aromatic rings. The van der Waals surface area contributed by atoms with E-state index < -0.39 is 30.9 Å². The van der Waals surface area contributed by atoms with Crippen LogP contribution < -0.4 is 5.73 Å². The Morgan fingerprint density at radius 3 is 2.18 bits per heavy atom. The predicted octanol–water partition coefficient (Wildman–Crippen LogP) is -0.301. The van der Waals surface area contributed by atoms with Crippen molar-refractivity contribution in [3.63, 3.8) is 0 Å². The molecule has 0 fully saturated rings. The minimum absolute atomic E-state index is 0.315. The van der Waals surface area contributed by atoms with Gasteiger partial charge in [-0.1, -0.05) is 18.2 Å². The zero-order chi connectivity index (χ0) is 12.8. The smallest absolute Gasteiger partial charge is 0.323 e. The van der Waals surface area contributed by atoms with Gasteiger partial charge in [-0.2, -0.15) is 0 Å². The summed E-state index contributed by atoms with van der Waals surface area (Å²) in [5.41, 5.74) is 5.27. The summed E-state index contributed by atoms with van der Waals surface area (Å²) in [4.78, 5) is 34.1. The summed E-state index contributed by atoms with van der Waals surface area (Å²) in [6, 6.07) is 8.11. The molecule has 0 spiro atoms. The van der Waals surface area contributed by atoms with E-state index in [-0.39, 0.29) is 0 Å². The van der Waals surface area contributed by atoms with Crippen molar-refractivity contribution in [2.24, 2.45) is 5.73 Å². The molecule has 0 bridgehead atoms. The van der Waals surface area contributed by atoms with Gasteiger partial charge in [-0.3, -0.25) is 14.4 Å². The summed E-state index contributed by atoms with van der Waals surface area (Å²) >= 11 is 0. The lowest BCUT2D eigenvalue weighted by atomic mass is 10.2. The van der Waals surface area contributed by atoms with Crippen LogP contribution in [0.25, 0.3) is 0 Å². The van der Waals surface area contributed by atoms with Gasteiger partial charge in [0.05, 0.1) is 0 Å². The Balaban J connectivity index is 2.86. The summed E-state index contributed by atoms with van der Waals surface area (Å²) in [5, 5.41) is 8.65. The van der Waals surface area contributed by atoms with Crippen molar-refractivity contribution in [1.29, 1.82) is 0 Å². The van der Waals surface area contributed by atoms with Gasteiger partial charge >= 0.3 is 5.97 Å². The van der Waals surface area contributed by atoms with Gasteiger partial charge in [0.15, 0.2) is 0 Å². The monoisotopic (exact) mass is 236 g/mol. The molecule has 0 saturated carbocycles. The van der Waals surface area contributed by atoms with Gasteiger partial charge in [0.1, 0.15) is 13.1 Å². The lowest BCUT2D eigenvalue weighted by molar-refractivity contribution is -0.138. The molecular formula is C11H12N2O4. The Kier molecular flexibility index (Phi) is 4.21. The van der Waals surface area contributed by atoms with E-state index in [9.17, 15) is 14.4 Å². The van der Waals surface area contributed by atoms with Crippen LogP contribution in [-0.2, 0) is 9.59 Å². The number of benzene rings is 1. The van der Waals surface area contributed by atoms with Crippen LogP contribution in [0.15, 0.2) is 30.3 Å². The molecule has 6 nitrogen and oxygen atoms in total. The highest BCUT2D eigenvalue weighted by atomic mass is 16.4. The number of nitrogens with two attached hydrogens (primary N) is 1. The first-order chi connectivity index (χ1) is 8.00. The van der Waals surface area contributed by atoms with Crippen LogP contribution in [0, 0.1) is 0 Å². The van der Waals surface area contributed by atoms with Crippen molar-refractivity contribution in [1.82, 2.24) is 4.90 Å². The van der Waals surface area contributed by atoms with E-state index in [1.807, 2.05) is 0 Å². The molecule has 17 heavy (non-hydrogen) atoms. The molecule has 1 rings (SSSR count). The largest absolute Gasteiger partial charge is 0.480 e. The fourth-order valence-electron chi connectivity index (χ4n) is 1.31. The van der Waals surface area contributed by atoms with Crippen LogP contribution in [-0.4, -0.2) is 40.9 Å². The quantitative estimate of drug-likeness (QED) is 0.732. The van der Waals surface area contributed by atoms with Crippen LogP contribution in [0.2, 0.25) is 0 Å². The molecule has 0 atom stereocenters. The Labute approximate surface area is 97.6 Å². The van der Waals surface area contributed by atoms with Gasteiger partial charge in [-0.05, 0) is 12.1 Å². The molecule has 0 aliphatic rings. The van der Waals surface area contributed by atoms with Crippen molar-refractivity contribution >= 4 is 17.8 Å². The van der Waals surface area contributed by atoms with E-state index in [0.29, 0.717) is 5.56 Å². The normalized spacial score (nSPS) is 9.65. The SMILES string of the molecule is NC(=O)CN(CC(=O)O)C(=O)c1ccccc1. The summed E-state index contributed by atoms with van der Waals surface area (Å²) < 4.78 is 0. The lowest BCUT2D eigenvalue weighted by Gasteiger charge is -2.18. The number of carbonyl (C=O) groups is 3. The fourth-order valence-corrected chi connectivity index (χ4v) is 1.31. The summed E-state index contributed by atoms with van der Waals surface area (Å²) in [7, 11) is 0. The average molecular weight is 236 g/mol. The van der Waals surface area contributed by atoms with E-state index >= 15 is 0 Å². The molecule has 0 unspecified atom stereocenters. The Hall–Kier alpha value is -2.37. The van der Waals surface area contributed by atoms with E-state index in [4.69, 9.17) is 10.8 Å². The predicted molar refractivity (Wildman–Crippen MR) is 59.2 cm³/mol. The van der Waals surface area contributed by atoms with Gasteiger partial charge in [0.2, 0.25) is 5.91 Å². The molecule has 0 aromatic heterocycles. The first kappa shape index (κ1) is 12.7. The Bertz CT molecular complexity index is 414. The third-order valence-corrected chi connectivity index (χ3v) is 1.98. The number of carboxylic acid groups (broad SMARTS) is 1. The highest BCUT2D eigenvalue weighted by molar-refractivity contribution is 5.97. The number of aliphatic carboxylic acids is 1. The molecule has 0 radical (unpaired) electrons. The van der Waals surface area contributed by atoms with Crippen LogP contribution in [0.1, 0.15) is 10.4 Å². The maximum atomic E-state index is 11.9. The second-order valence-corrected chi connectivity index (χ2v) is 3.39. The van der Waals surface area contributed by atoms with Gasteiger partial charge in [-0.25, -0.2) is 0 Å². The number of carboxylic acids is 1. The molecule has 2 amide bonds. The summed E-state index contributed by atoms with van der Waals surface area (Å²) in [6.07, 6.45) is 0. The topological polar surface area (TPSA) is 101 Å². The molecule has 0 aliphatic heterocycles. The Morgan fingerprint density at radius 2 is 1.71 bits per heavy atom. The second kappa shape index (κ2) is 5.64. The highest BCUT2D eigenvalue weighted by Gasteiger charge is 2.19. The first-order valence-corrected chi connectivity index (χ1v) is 4.85. The van der Waals surface area contributed by atoms with E-state index in [0.717, 1.165) is 4.90 Å². The second-order valence-electron chi connectivity index (χ2n) is 3.39. The minimum Gasteiger partial charge on any atom is -0.480 e. The molecule has 1 aromatic carbocycles. The lowest BCUT2D eigenvalue weighted by Crippen LogP contribution is -2.41. The van der Waals surface area contributed by atoms with Crippen LogP contribution in [0.3, 0.4) is 0 Å². The first-order valence-electron chi connectivity index (χ1n) is 4.85. The number of hydrogen-bond acceptors (Lipinski definition) is 3. The standard InChI is InChI=1S/C11H12N2O4/c12-9(14)6-13(7-10(15)16)11(17)8-4-2-1-3-5-8/h1-5H,6-7H2,(H2,12,14)(H,15,16). The van der Waals surface area contributed by atoms with E-state index in [1.165, 1.54) is 12.1 Å². The number of hydrogen-bond donors (Lipinski definition) is 2. The third-order valence-electron chi connectivity index (χ3n) is 1.98. The molecule has 0 saturated heterocycles. The zero-order valence-corrected chi connectivity index (χ0v) is 9.00. The average Bonchev–Trinajstić information content (AvgIpc) is 2.27. The van der Waals surface area contributed by atoms with E-state index in [1.54, 1.807) is 18.2 Å². The van der Waals surface area contributed by atoms with Gasteiger partial charge in [0.25, 0.3) is 5.91 Å². The van der Waals surface area contributed by atoms with Crippen LogP contribution in [0.4, 0.5) is 0 Å². The van der Waals surface area contributed by atoms with Gasteiger partial charge in [-0.15, -0.1) is 0 Å². The van der Waals surface area contributed by atoms with Crippen LogP contribution >= 0.6 is 0 Å². The number of primary amides is 1. The molecule has 90 valence electrons. The maximum Gasteiger partial charge on any atom is 0.323 e. The Morgan fingerprint density at radius 1 is 1.12 bits per heavy atom. The molecule has 0 aliphatic carbocycles. The third kappa shape index (κ3) is 3.94. The number of amides is 2. The van der Waals surface area contributed by atoms with Crippen molar-refractivity contribution in [3.05, 3.63) is 35.9 Å².